The number of rotatable bonds is 4. The Bertz CT molecular complexity index is 911. The van der Waals surface area contributed by atoms with E-state index in [-0.39, 0.29) is 6.10 Å². The first-order chi connectivity index (χ1) is 14.5. The van der Waals surface area contributed by atoms with Crippen LogP contribution in [-0.2, 0) is 15.1 Å². The number of morpholine rings is 1. The van der Waals surface area contributed by atoms with Crippen molar-refractivity contribution in [2.75, 3.05) is 19.7 Å². The molecule has 0 radical (unpaired) electrons. The van der Waals surface area contributed by atoms with Crippen molar-refractivity contribution in [3.8, 4) is 11.3 Å². The summed E-state index contributed by atoms with van der Waals surface area (Å²) in [5.41, 5.74) is 2.96. The standard InChI is InChI=1S/C17H18N2O3S.C7H12/c20-11-19-7-8-22-15(9-19)16-18-14(10-23-16)12-3-1-2-4-13(12)17(21)5-6-17;1-7-3-2-6(4-7)5-7/h1-4,10-11,15,21H,5-9H2;6H,2-5H2,1H3. The van der Waals surface area contributed by atoms with Crippen molar-refractivity contribution in [2.45, 2.75) is 57.2 Å². The summed E-state index contributed by atoms with van der Waals surface area (Å²) in [5, 5.41) is 13.4. The molecule has 1 aromatic heterocycles. The third-order valence-electron chi connectivity index (χ3n) is 7.19. The second kappa shape index (κ2) is 7.74. The summed E-state index contributed by atoms with van der Waals surface area (Å²) in [6, 6.07) is 7.90. The lowest BCUT2D eigenvalue weighted by Gasteiger charge is -2.34. The number of aliphatic hydroxyl groups is 1. The van der Waals surface area contributed by atoms with Gasteiger partial charge in [0.15, 0.2) is 0 Å². The Labute approximate surface area is 182 Å². The van der Waals surface area contributed by atoms with Crippen molar-refractivity contribution in [3.05, 3.63) is 40.2 Å². The van der Waals surface area contributed by atoms with Crippen molar-refractivity contribution in [2.24, 2.45) is 11.3 Å². The third kappa shape index (κ3) is 3.93. The monoisotopic (exact) mass is 426 g/mol. The van der Waals surface area contributed by atoms with Crippen molar-refractivity contribution in [3.63, 3.8) is 0 Å². The molecule has 0 spiro atoms. The molecule has 160 valence electrons. The number of fused-ring (bicyclic) bond motifs is 1. The van der Waals surface area contributed by atoms with Gasteiger partial charge < -0.3 is 14.7 Å². The van der Waals surface area contributed by atoms with Gasteiger partial charge in [0.25, 0.3) is 0 Å². The molecule has 1 amide bonds. The zero-order valence-electron chi connectivity index (χ0n) is 17.5. The molecule has 2 heterocycles. The fraction of sp³-hybridized carbons (Fsp3) is 0.583. The van der Waals surface area contributed by atoms with Gasteiger partial charge >= 0.3 is 0 Å². The highest BCUT2D eigenvalue weighted by Crippen LogP contribution is 2.58. The molecule has 2 aromatic rings. The van der Waals surface area contributed by atoms with Gasteiger partial charge in [-0.05, 0) is 55.4 Å². The van der Waals surface area contributed by atoms with Gasteiger partial charge in [0.1, 0.15) is 11.1 Å². The Morgan fingerprint density at radius 1 is 1.27 bits per heavy atom. The molecule has 5 nitrogen and oxygen atoms in total. The normalized spacial score (nSPS) is 30.8. The molecule has 5 aliphatic rings. The zero-order chi connectivity index (χ0) is 20.8. The summed E-state index contributed by atoms with van der Waals surface area (Å²) in [5.74, 6) is 1.16. The van der Waals surface area contributed by atoms with Crippen molar-refractivity contribution >= 4 is 17.7 Å². The van der Waals surface area contributed by atoms with Gasteiger partial charge in [-0.25, -0.2) is 4.98 Å². The number of nitrogens with zero attached hydrogens (tertiary/aromatic N) is 2. The van der Waals surface area contributed by atoms with E-state index in [2.05, 4.69) is 6.92 Å². The van der Waals surface area contributed by atoms with Crippen LogP contribution in [0.15, 0.2) is 29.6 Å². The Morgan fingerprint density at radius 3 is 2.70 bits per heavy atom. The lowest BCUT2D eigenvalue weighted by Crippen LogP contribution is -2.37. The van der Waals surface area contributed by atoms with E-state index in [1.165, 1.54) is 12.8 Å². The average Bonchev–Trinajstić information content (AvgIpc) is 3.11. The average molecular weight is 427 g/mol. The molecule has 1 aromatic carbocycles. The molecule has 1 unspecified atom stereocenters. The van der Waals surface area contributed by atoms with Crippen LogP contribution in [0.2, 0.25) is 0 Å². The summed E-state index contributed by atoms with van der Waals surface area (Å²) >= 11 is 1.54. The smallest absolute Gasteiger partial charge is 0.209 e. The molecule has 7 rings (SSSR count). The molecule has 6 heteroatoms. The summed E-state index contributed by atoms with van der Waals surface area (Å²) in [6.45, 7) is 4.14. The predicted octanol–water partition coefficient (Wildman–Crippen LogP) is 4.52. The van der Waals surface area contributed by atoms with E-state index in [1.54, 1.807) is 29.1 Å². The third-order valence-corrected chi connectivity index (χ3v) is 8.13. The lowest BCUT2D eigenvalue weighted by molar-refractivity contribution is -0.125. The van der Waals surface area contributed by atoms with Crippen LogP contribution in [0, 0.1) is 11.3 Å². The van der Waals surface area contributed by atoms with E-state index < -0.39 is 5.60 Å². The summed E-state index contributed by atoms with van der Waals surface area (Å²) in [6.07, 6.45) is 8.47. The van der Waals surface area contributed by atoms with Crippen LogP contribution in [0.25, 0.3) is 11.3 Å². The first-order valence-corrected chi connectivity index (χ1v) is 11.9. The highest BCUT2D eigenvalue weighted by atomic mass is 32.1. The molecule has 5 fully saturated rings. The molecule has 4 aliphatic carbocycles. The quantitative estimate of drug-likeness (QED) is 0.731. The van der Waals surface area contributed by atoms with Gasteiger partial charge in [-0.1, -0.05) is 31.2 Å². The minimum Gasteiger partial charge on any atom is -0.385 e. The topological polar surface area (TPSA) is 62.7 Å². The molecule has 1 atom stereocenters. The number of benzene rings is 1. The van der Waals surface area contributed by atoms with E-state index in [9.17, 15) is 9.90 Å². The Hall–Kier alpha value is -1.76. The maximum Gasteiger partial charge on any atom is 0.209 e. The maximum atomic E-state index is 11.0. The van der Waals surface area contributed by atoms with Crippen LogP contribution in [0.1, 0.15) is 62.1 Å². The van der Waals surface area contributed by atoms with E-state index in [4.69, 9.17) is 9.72 Å². The fourth-order valence-electron chi connectivity index (χ4n) is 5.27. The maximum absolute atomic E-state index is 11.0. The zero-order valence-corrected chi connectivity index (χ0v) is 18.4. The van der Waals surface area contributed by atoms with E-state index >= 15 is 0 Å². The first kappa shape index (κ1) is 20.2. The van der Waals surface area contributed by atoms with E-state index in [0.29, 0.717) is 19.7 Å². The second-order valence-corrected chi connectivity index (χ2v) is 10.6. The van der Waals surface area contributed by atoms with Gasteiger partial charge in [0.2, 0.25) is 6.41 Å². The fourth-order valence-corrected chi connectivity index (χ4v) is 6.13. The minimum absolute atomic E-state index is 0.163. The highest BCUT2D eigenvalue weighted by Gasteiger charge is 2.46. The summed E-state index contributed by atoms with van der Waals surface area (Å²) in [4.78, 5) is 17.4. The van der Waals surface area contributed by atoms with Crippen LogP contribution < -0.4 is 0 Å². The number of hydrogen-bond donors (Lipinski definition) is 1. The number of amides is 1. The molecule has 1 saturated heterocycles. The number of carbonyl (C=O) groups is 1. The molecule has 30 heavy (non-hydrogen) atoms. The van der Waals surface area contributed by atoms with Crippen molar-refractivity contribution in [1.29, 1.82) is 0 Å². The van der Waals surface area contributed by atoms with Crippen LogP contribution >= 0.6 is 11.3 Å². The largest absolute Gasteiger partial charge is 0.385 e. The SMILES string of the molecule is CC12CCC(C1)C2.O=CN1CCOC(c2nc(-c3ccccc3C3(O)CC3)cs2)C1. The van der Waals surface area contributed by atoms with Gasteiger partial charge in [-0.2, -0.15) is 0 Å². The van der Waals surface area contributed by atoms with Crippen molar-refractivity contribution < 1.29 is 14.6 Å². The van der Waals surface area contributed by atoms with Gasteiger partial charge in [-0.15, -0.1) is 11.3 Å². The molecular formula is C24H30N2O3S. The van der Waals surface area contributed by atoms with Gasteiger partial charge in [0, 0.05) is 17.5 Å². The number of carbonyl (C=O) groups excluding carboxylic acids is 1. The number of thiazole rings is 1. The number of aromatic nitrogens is 1. The van der Waals surface area contributed by atoms with Crippen LogP contribution in [0.4, 0.5) is 0 Å². The highest BCUT2D eigenvalue weighted by molar-refractivity contribution is 7.10. The molecule has 2 bridgehead atoms. The summed E-state index contributed by atoms with van der Waals surface area (Å²) in [7, 11) is 0. The second-order valence-electron chi connectivity index (χ2n) is 9.73. The Balaban J connectivity index is 0.000000230. The van der Waals surface area contributed by atoms with Crippen LogP contribution in [0.5, 0.6) is 0 Å². The molecule has 4 saturated carbocycles. The number of hydrogen-bond acceptors (Lipinski definition) is 5. The van der Waals surface area contributed by atoms with Gasteiger partial charge in [-0.3, -0.25) is 4.79 Å². The van der Waals surface area contributed by atoms with Crippen molar-refractivity contribution in [1.82, 2.24) is 9.88 Å². The van der Waals surface area contributed by atoms with Gasteiger partial charge in [0.05, 0.1) is 24.4 Å². The minimum atomic E-state index is -0.684. The van der Waals surface area contributed by atoms with Crippen LogP contribution in [-0.4, -0.2) is 41.1 Å². The molecule has 1 aliphatic heterocycles. The molecule has 1 N–H and O–H groups in total. The summed E-state index contributed by atoms with van der Waals surface area (Å²) < 4.78 is 5.75. The Morgan fingerprint density at radius 2 is 2.07 bits per heavy atom. The number of ether oxygens (including phenoxy) is 1. The van der Waals surface area contributed by atoms with Crippen LogP contribution in [0.3, 0.4) is 0 Å². The van der Waals surface area contributed by atoms with E-state index in [1.807, 2.05) is 29.6 Å². The Kier molecular flexibility index (Phi) is 5.20. The first-order valence-electron chi connectivity index (χ1n) is 11.1. The molecular weight excluding hydrogens is 396 g/mol. The lowest BCUT2D eigenvalue weighted by atomic mass is 9.71. The predicted molar refractivity (Wildman–Crippen MR) is 117 cm³/mol. The van der Waals surface area contributed by atoms with E-state index in [0.717, 1.165) is 52.4 Å².